The lowest BCUT2D eigenvalue weighted by atomic mass is 10.3. The maximum absolute atomic E-state index is 13.0. The van der Waals surface area contributed by atoms with Crippen molar-refractivity contribution in [3.05, 3.63) is 40.9 Å². The standard InChI is InChI=1S/C10H8BrFN4O2S/c11-8-3-6(1-2-9(8)12)16-19(17,18)7-4-14-10(13)15-5-7/h1-5,16H,(H2,13,14,15). The van der Waals surface area contributed by atoms with E-state index in [2.05, 4.69) is 30.6 Å². The summed E-state index contributed by atoms with van der Waals surface area (Å²) in [6.07, 6.45) is 2.17. The van der Waals surface area contributed by atoms with E-state index in [1.165, 1.54) is 12.1 Å². The number of rotatable bonds is 3. The van der Waals surface area contributed by atoms with E-state index in [4.69, 9.17) is 5.73 Å². The average Bonchev–Trinajstić information content (AvgIpc) is 2.34. The number of benzene rings is 1. The minimum absolute atomic E-state index is 0.0246. The molecule has 0 spiro atoms. The third-order valence-corrected chi connectivity index (χ3v) is 4.07. The van der Waals surface area contributed by atoms with Crippen molar-refractivity contribution in [3.63, 3.8) is 0 Å². The van der Waals surface area contributed by atoms with Crippen molar-refractivity contribution in [2.24, 2.45) is 0 Å². The van der Waals surface area contributed by atoms with Gasteiger partial charge in [0.15, 0.2) is 0 Å². The monoisotopic (exact) mass is 346 g/mol. The number of halogens is 2. The maximum atomic E-state index is 13.0. The SMILES string of the molecule is Nc1ncc(S(=O)(=O)Nc2ccc(F)c(Br)c2)cn1. The number of nitrogens with zero attached hydrogens (tertiary/aromatic N) is 2. The molecule has 0 aliphatic rings. The molecule has 2 rings (SSSR count). The molecule has 1 heterocycles. The van der Waals surface area contributed by atoms with E-state index < -0.39 is 15.8 Å². The van der Waals surface area contributed by atoms with Gasteiger partial charge in [-0.05, 0) is 34.1 Å². The first-order valence-corrected chi connectivity index (χ1v) is 7.21. The van der Waals surface area contributed by atoms with Gasteiger partial charge in [-0.2, -0.15) is 0 Å². The van der Waals surface area contributed by atoms with Gasteiger partial charge in [0.1, 0.15) is 10.7 Å². The number of nitrogen functional groups attached to an aromatic ring is 1. The van der Waals surface area contributed by atoms with Crippen LogP contribution in [0.4, 0.5) is 16.0 Å². The summed E-state index contributed by atoms with van der Waals surface area (Å²) >= 11 is 2.97. The Bertz CT molecular complexity index is 706. The van der Waals surface area contributed by atoms with E-state index in [1.807, 2.05) is 0 Å². The fourth-order valence-electron chi connectivity index (χ4n) is 1.24. The van der Waals surface area contributed by atoms with Crippen LogP contribution in [0.15, 0.2) is 40.0 Å². The van der Waals surface area contributed by atoms with Crippen molar-refractivity contribution < 1.29 is 12.8 Å². The van der Waals surface area contributed by atoms with Crippen molar-refractivity contribution in [2.75, 3.05) is 10.5 Å². The van der Waals surface area contributed by atoms with Crippen LogP contribution in [0.5, 0.6) is 0 Å². The highest BCUT2D eigenvalue weighted by molar-refractivity contribution is 9.10. The highest BCUT2D eigenvalue weighted by atomic mass is 79.9. The molecule has 0 bridgehead atoms. The van der Waals surface area contributed by atoms with Gasteiger partial charge < -0.3 is 5.73 Å². The number of nitrogens with one attached hydrogen (secondary N) is 1. The lowest BCUT2D eigenvalue weighted by molar-refractivity contribution is 0.600. The molecule has 0 saturated heterocycles. The maximum Gasteiger partial charge on any atom is 0.264 e. The Hall–Kier alpha value is -1.74. The molecular formula is C10H8BrFN4O2S. The minimum atomic E-state index is -3.83. The number of hydrogen-bond donors (Lipinski definition) is 2. The summed E-state index contributed by atoms with van der Waals surface area (Å²) in [4.78, 5) is 7.06. The van der Waals surface area contributed by atoms with Crippen LogP contribution >= 0.6 is 15.9 Å². The van der Waals surface area contributed by atoms with Crippen molar-refractivity contribution in [3.8, 4) is 0 Å². The molecule has 2 aromatic rings. The molecule has 0 amide bonds. The van der Waals surface area contributed by atoms with Gasteiger partial charge in [-0.1, -0.05) is 0 Å². The Kier molecular flexibility index (Phi) is 3.67. The lowest BCUT2D eigenvalue weighted by Crippen LogP contribution is -2.14. The zero-order valence-corrected chi connectivity index (χ0v) is 11.7. The second-order valence-corrected chi connectivity index (χ2v) is 6.05. The van der Waals surface area contributed by atoms with Crippen LogP contribution in [-0.4, -0.2) is 18.4 Å². The van der Waals surface area contributed by atoms with Crippen LogP contribution in [0.3, 0.4) is 0 Å². The zero-order chi connectivity index (χ0) is 14.0. The number of anilines is 2. The molecule has 100 valence electrons. The molecule has 0 atom stereocenters. The largest absolute Gasteiger partial charge is 0.368 e. The van der Waals surface area contributed by atoms with Crippen LogP contribution in [0.1, 0.15) is 0 Å². The van der Waals surface area contributed by atoms with Crippen LogP contribution in [0.25, 0.3) is 0 Å². The first-order valence-electron chi connectivity index (χ1n) is 4.94. The first kappa shape index (κ1) is 13.7. The number of aromatic nitrogens is 2. The molecule has 0 saturated carbocycles. The molecule has 1 aromatic heterocycles. The Balaban J connectivity index is 2.30. The fraction of sp³-hybridized carbons (Fsp3) is 0. The third-order valence-electron chi connectivity index (χ3n) is 2.13. The molecule has 0 unspecified atom stereocenters. The van der Waals surface area contributed by atoms with Crippen LogP contribution in [-0.2, 0) is 10.0 Å². The van der Waals surface area contributed by atoms with E-state index in [0.29, 0.717) is 0 Å². The fourth-order valence-corrected chi connectivity index (χ4v) is 2.56. The molecule has 3 N–H and O–H groups in total. The number of hydrogen-bond acceptors (Lipinski definition) is 5. The highest BCUT2D eigenvalue weighted by Gasteiger charge is 2.15. The predicted molar refractivity (Wildman–Crippen MR) is 71.4 cm³/mol. The van der Waals surface area contributed by atoms with Crippen LogP contribution in [0, 0.1) is 5.82 Å². The van der Waals surface area contributed by atoms with Gasteiger partial charge in [0.2, 0.25) is 5.95 Å². The van der Waals surface area contributed by atoms with E-state index in [0.717, 1.165) is 18.5 Å². The Morgan fingerprint density at radius 3 is 2.47 bits per heavy atom. The van der Waals surface area contributed by atoms with Gasteiger partial charge >= 0.3 is 0 Å². The predicted octanol–water partition coefficient (Wildman–Crippen LogP) is 1.76. The van der Waals surface area contributed by atoms with Gasteiger partial charge in [0, 0.05) is 0 Å². The van der Waals surface area contributed by atoms with Crippen molar-refractivity contribution >= 4 is 37.6 Å². The van der Waals surface area contributed by atoms with Gasteiger partial charge in [0.25, 0.3) is 10.0 Å². The Morgan fingerprint density at radius 2 is 1.89 bits per heavy atom. The van der Waals surface area contributed by atoms with Crippen LogP contribution < -0.4 is 10.5 Å². The van der Waals surface area contributed by atoms with E-state index >= 15 is 0 Å². The van der Waals surface area contributed by atoms with Gasteiger partial charge in [-0.3, -0.25) is 4.72 Å². The summed E-state index contributed by atoms with van der Waals surface area (Å²) in [7, 11) is -3.83. The average molecular weight is 347 g/mol. The summed E-state index contributed by atoms with van der Waals surface area (Å²) < 4.78 is 39.4. The molecular weight excluding hydrogens is 339 g/mol. The summed E-state index contributed by atoms with van der Waals surface area (Å²) in [6, 6.07) is 3.75. The normalized spacial score (nSPS) is 11.3. The Labute approximate surface area is 117 Å². The molecule has 19 heavy (non-hydrogen) atoms. The van der Waals surface area contributed by atoms with Crippen LogP contribution in [0.2, 0.25) is 0 Å². The molecule has 0 fully saturated rings. The van der Waals surface area contributed by atoms with E-state index in [1.54, 1.807) is 0 Å². The van der Waals surface area contributed by atoms with Gasteiger partial charge in [0.05, 0.1) is 22.6 Å². The summed E-state index contributed by atoms with van der Waals surface area (Å²) in [5.41, 5.74) is 5.49. The van der Waals surface area contributed by atoms with Gasteiger partial charge in [-0.15, -0.1) is 0 Å². The molecule has 0 radical (unpaired) electrons. The third kappa shape index (κ3) is 3.18. The molecule has 9 heteroatoms. The topological polar surface area (TPSA) is 98.0 Å². The highest BCUT2D eigenvalue weighted by Crippen LogP contribution is 2.22. The Morgan fingerprint density at radius 1 is 1.26 bits per heavy atom. The smallest absolute Gasteiger partial charge is 0.264 e. The number of nitrogens with two attached hydrogens (primary N) is 1. The molecule has 1 aromatic carbocycles. The van der Waals surface area contributed by atoms with Crippen molar-refractivity contribution in [2.45, 2.75) is 4.90 Å². The molecule has 0 aliphatic carbocycles. The van der Waals surface area contributed by atoms with Gasteiger partial charge in [-0.25, -0.2) is 22.8 Å². The quantitative estimate of drug-likeness (QED) is 0.882. The lowest BCUT2D eigenvalue weighted by Gasteiger charge is -2.08. The van der Waals surface area contributed by atoms with Crippen molar-refractivity contribution in [1.29, 1.82) is 0 Å². The second kappa shape index (κ2) is 5.10. The second-order valence-electron chi connectivity index (χ2n) is 3.51. The number of sulfonamides is 1. The summed E-state index contributed by atoms with van der Waals surface area (Å²) in [5.74, 6) is -0.512. The zero-order valence-electron chi connectivity index (χ0n) is 9.34. The molecule has 0 aliphatic heterocycles. The first-order chi connectivity index (χ1) is 8.88. The molecule has 6 nitrogen and oxygen atoms in total. The van der Waals surface area contributed by atoms with E-state index in [9.17, 15) is 12.8 Å². The van der Waals surface area contributed by atoms with Crippen molar-refractivity contribution in [1.82, 2.24) is 9.97 Å². The summed E-state index contributed by atoms with van der Waals surface area (Å²) in [5, 5.41) is 0. The minimum Gasteiger partial charge on any atom is -0.368 e. The summed E-state index contributed by atoms with van der Waals surface area (Å²) in [6.45, 7) is 0. The van der Waals surface area contributed by atoms with E-state index in [-0.39, 0.29) is 21.0 Å².